The van der Waals surface area contributed by atoms with E-state index in [4.69, 9.17) is 11.6 Å². The van der Waals surface area contributed by atoms with Crippen molar-refractivity contribution in [2.75, 3.05) is 0 Å². The number of halogens is 2. The number of Topliss-reactive ketones (excluding diaryl/α,β-unsaturated/α-hetero) is 1. The molecule has 1 atom stereocenters. The first-order chi connectivity index (χ1) is 14.8. The number of aliphatic hydroxyl groups is 1. The summed E-state index contributed by atoms with van der Waals surface area (Å²) in [5, 5.41) is 11.4. The number of hydrogen-bond donors (Lipinski definition) is 1. The monoisotopic (exact) mass is 435 g/mol. The normalized spacial score (nSPS) is 17.9. The summed E-state index contributed by atoms with van der Waals surface area (Å²) in [4.78, 5) is 27.4. The molecule has 4 rings (SSSR count). The molecule has 156 valence electrons. The van der Waals surface area contributed by atoms with Gasteiger partial charge in [0.2, 0.25) is 0 Å². The number of aryl methyl sites for hydroxylation is 1. The Labute approximate surface area is 184 Å². The largest absolute Gasteiger partial charge is 0.507 e. The molecule has 1 unspecified atom stereocenters. The Morgan fingerprint density at radius 1 is 1.03 bits per heavy atom. The van der Waals surface area contributed by atoms with E-state index in [0.717, 1.165) is 5.56 Å². The summed E-state index contributed by atoms with van der Waals surface area (Å²) in [5.41, 5.74) is 2.67. The maximum atomic E-state index is 13.3. The molecule has 3 aromatic carbocycles. The van der Waals surface area contributed by atoms with E-state index in [0.29, 0.717) is 21.7 Å². The molecule has 0 radical (unpaired) electrons. The molecule has 1 amide bonds. The van der Waals surface area contributed by atoms with Gasteiger partial charge in [-0.25, -0.2) is 4.39 Å². The lowest BCUT2D eigenvalue weighted by atomic mass is 9.94. The number of carbonyl (C=O) groups excluding carboxylic acids is 2. The zero-order valence-corrected chi connectivity index (χ0v) is 17.4. The standard InChI is InChI=1S/C25H19ClFNO3/c1-15-4-2-5-17(12-15)22-21(23(29)18-6-3-7-19(26)13-18)24(30)25(31)28(22)14-16-8-10-20(27)11-9-16/h2-13,22,29H,14H2,1H3/b23-21-. The first-order valence-electron chi connectivity index (χ1n) is 9.70. The molecule has 31 heavy (non-hydrogen) atoms. The van der Waals surface area contributed by atoms with Crippen LogP contribution in [0.4, 0.5) is 4.39 Å². The lowest BCUT2D eigenvalue weighted by Gasteiger charge is -2.25. The fourth-order valence-corrected chi connectivity index (χ4v) is 4.00. The first kappa shape index (κ1) is 20.8. The zero-order valence-electron chi connectivity index (χ0n) is 16.7. The number of likely N-dealkylation sites (tertiary alicyclic amines) is 1. The number of amides is 1. The summed E-state index contributed by atoms with van der Waals surface area (Å²) in [6.07, 6.45) is 0. The van der Waals surface area contributed by atoms with Crippen molar-refractivity contribution in [3.63, 3.8) is 0 Å². The molecule has 1 fully saturated rings. The quantitative estimate of drug-likeness (QED) is 0.338. The van der Waals surface area contributed by atoms with Crippen LogP contribution in [0.15, 0.2) is 78.4 Å². The van der Waals surface area contributed by atoms with Crippen molar-refractivity contribution in [2.24, 2.45) is 0 Å². The predicted octanol–water partition coefficient (Wildman–Crippen LogP) is 5.41. The van der Waals surface area contributed by atoms with E-state index in [2.05, 4.69) is 0 Å². The van der Waals surface area contributed by atoms with Gasteiger partial charge in [-0.05, 0) is 42.3 Å². The molecule has 1 aliphatic rings. The highest BCUT2D eigenvalue weighted by atomic mass is 35.5. The average molecular weight is 436 g/mol. The first-order valence-corrected chi connectivity index (χ1v) is 10.1. The lowest BCUT2D eigenvalue weighted by Crippen LogP contribution is -2.29. The van der Waals surface area contributed by atoms with Gasteiger partial charge >= 0.3 is 0 Å². The van der Waals surface area contributed by atoms with Crippen molar-refractivity contribution in [3.05, 3.63) is 111 Å². The summed E-state index contributed by atoms with van der Waals surface area (Å²) < 4.78 is 13.3. The summed E-state index contributed by atoms with van der Waals surface area (Å²) in [7, 11) is 0. The van der Waals surface area contributed by atoms with Gasteiger partial charge in [-0.1, -0.05) is 65.7 Å². The van der Waals surface area contributed by atoms with Gasteiger partial charge in [0.15, 0.2) is 0 Å². The number of nitrogens with zero attached hydrogens (tertiary/aromatic N) is 1. The third-order valence-corrected chi connectivity index (χ3v) is 5.50. The third kappa shape index (κ3) is 4.09. The van der Waals surface area contributed by atoms with Gasteiger partial charge in [0.25, 0.3) is 11.7 Å². The molecular formula is C25H19ClFNO3. The molecule has 0 aliphatic carbocycles. The van der Waals surface area contributed by atoms with Crippen LogP contribution >= 0.6 is 11.6 Å². The van der Waals surface area contributed by atoms with Crippen LogP contribution in [0, 0.1) is 12.7 Å². The molecule has 0 spiro atoms. The molecule has 0 aromatic heterocycles. The molecule has 0 bridgehead atoms. The van der Waals surface area contributed by atoms with E-state index in [9.17, 15) is 19.1 Å². The van der Waals surface area contributed by atoms with Crippen LogP contribution in [0.1, 0.15) is 28.3 Å². The van der Waals surface area contributed by atoms with Crippen molar-refractivity contribution in [1.29, 1.82) is 0 Å². The van der Waals surface area contributed by atoms with Gasteiger partial charge < -0.3 is 10.0 Å². The summed E-state index contributed by atoms with van der Waals surface area (Å²) >= 11 is 6.06. The summed E-state index contributed by atoms with van der Waals surface area (Å²) in [5.74, 6) is -2.17. The van der Waals surface area contributed by atoms with Crippen LogP contribution < -0.4 is 0 Å². The maximum absolute atomic E-state index is 13.3. The van der Waals surface area contributed by atoms with Crippen LogP contribution in [-0.2, 0) is 16.1 Å². The predicted molar refractivity (Wildman–Crippen MR) is 117 cm³/mol. The zero-order chi connectivity index (χ0) is 22.1. The van der Waals surface area contributed by atoms with Crippen molar-refractivity contribution < 1.29 is 19.1 Å². The second-order valence-corrected chi connectivity index (χ2v) is 7.91. The van der Waals surface area contributed by atoms with E-state index in [1.165, 1.54) is 23.1 Å². The minimum absolute atomic E-state index is 0.0000201. The van der Waals surface area contributed by atoms with E-state index in [1.54, 1.807) is 30.3 Å². The Bertz CT molecular complexity index is 1200. The molecule has 3 aromatic rings. The SMILES string of the molecule is Cc1cccc(C2/C(=C(/O)c3cccc(Cl)c3)C(=O)C(=O)N2Cc2ccc(F)cc2)c1. The van der Waals surface area contributed by atoms with Gasteiger partial charge in [0.05, 0.1) is 11.6 Å². The number of aliphatic hydroxyl groups excluding tert-OH is 1. The van der Waals surface area contributed by atoms with Crippen LogP contribution in [0.2, 0.25) is 5.02 Å². The second kappa shape index (κ2) is 8.36. The molecule has 1 saturated heterocycles. The molecule has 1 N–H and O–H groups in total. The molecule has 0 saturated carbocycles. The Kier molecular flexibility index (Phi) is 5.61. The topological polar surface area (TPSA) is 57.6 Å². The van der Waals surface area contributed by atoms with E-state index >= 15 is 0 Å². The Morgan fingerprint density at radius 3 is 2.42 bits per heavy atom. The summed E-state index contributed by atoms with van der Waals surface area (Å²) in [6.45, 7) is 2.00. The maximum Gasteiger partial charge on any atom is 0.295 e. The van der Waals surface area contributed by atoms with Crippen molar-refractivity contribution in [1.82, 2.24) is 4.90 Å². The minimum Gasteiger partial charge on any atom is -0.507 e. The van der Waals surface area contributed by atoms with Crippen molar-refractivity contribution >= 4 is 29.1 Å². The van der Waals surface area contributed by atoms with Crippen LogP contribution in [0.25, 0.3) is 5.76 Å². The van der Waals surface area contributed by atoms with Crippen LogP contribution in [-0.4, -0.2) is 21.7 Å². The van der Waals surface area contributed by atoms with Gasteiger partial charge in [-0.2, -0.15) is 0 Å². The molecule has 1 heterocycles. The van der Waals surface area contributed by atoms with Crippen LogP contribution in [0.5, 0.6) is 0 Å². The number of ketones is 1. The number of carbonyl (C=O) groups is 2. The highest BCUT2D eigenvalue weighted by Crippen LogP contribution is 2.40. The summed E-state index contributed by atoms with van der Waals surface area (Å²) in [6, 6.07) is 18.9. The van der Waals surface area contributed by atoms with Gasteiger partial charge in [0.1, 0.15) is 11.6 Å². The van der Waals surface area contributed by atoms with Gasteiger partial charge in [-0.15, -0.1) is 0 Å². The second-order valence-electron chi connectivity index (χ2n) is 7.48. The van der Waals surface area contributed by atoms with Crippen molar-refractivity contribution in [3.8, 4) is 0 Å². The van der Waals surface area contributed by atoms with Gasteiger partial charge in [-0.3, -0.25) is 9.59 Å². The van der Waals surface area contributed by atoms with Crippen LogP contribution in [0.3, 0.4) is 0 Å². The molecule has 4 nitrogen and oxygen atoms in total. The average Bonchev–Trinajstić information content (AvgIpc) is 3.00. The molecule has 6 heteroatoms. The number of hydrogen-bond acceptors (Lipinski definition) is 3. The Morgan fingerprint density at radius 2 is 1.74 bits per heavy atom. The Hall–Kier alpha value is -3.44. The smallest absolute Gasteiger partial charge is 0.295 e. The highest BCUT2D eigenvalue weighted by Gasteiger charge is 2.46. The van der Waals surface area contributed by atoms with Gasteiger partial charge in [0, 0.05) is 17.1 Å². The highest BCUT2D eigenvalue weighted by molar-refractivity contribution is 6.46. The molecular weight excluding hydrogens is 417 g/mol. The third-order valence-electron chi connectivity index (χ3n) is 5.26. The number of rotatable bonds is 4. The molecule has 1 aliphatic heterocycles. The van der Waals surface area contributed by atoms with E-state index in [1.807, 2.05) is 31.2 Å². The lowest BCUT2D eigenvalue weighted by molar-refractivity contribution is -0.140. The number of benzene rings is 3. The fourth-order valence-electron chi connectivity index (χ4n) is 3.81. The van der Waals surface area contributed by atoms with E-state index in [-0.39, 0.29) is 23.7 Å². The van der Waals surface area contributed by atoms with Crippen molar-refractivity contribution in [2.45, 2.75) is 19.5 Å². The van der Waals surface area contributed by atoms with E-state index < -0.39 is 17.7 Å². The minimum atomic E-state index is -0.788. The fraction of sp³-hybridized carbons (Fsp3) is 0.120. The Balaban J connectivity index is 1.87.